The van der Waals surface area contributed by atoms with Crippen LogP contribution in [0.4, 0.5) is 11.4 Å². The molecule has 0 aliphatic carbocycles. The molecule has 0 unspecified atom stereocenters. The van der Waals surface area contributed by atoms with Gasteiger partial charge in [-0.2, -0.15) is 4.31 Å². The number of nitro benzene ring substituents is 1. The third-order valence-corrected chi connectivity index (χ3v) is 6.18. The van der Waals surface area contributed by atoms with Crippen LogP contribution in [0.15, 0.2) is 83.8 Å². The van der Waals surface area contributed by atoms with Crippen molar-refractivity contribution in [2.24, 2.45) is 0 Å². The molecule has 0 radical (unpaired) electrons. The molecule has 1 amide bonds. The highest BCUT2D eigenvalue weighted by molar-refractivity contribution is 7.89. The zero-order chi connectivity index (χ0) is 21.7. The molecule has 8 nitrogen and oxygen atoms in total. The van der Waals surface area contributed by atoms with Gasteiger partial charge in [-0.3, -0.25) is 14.9 Å². The molecule has 0 saturated heterocycles. The number of hydrogen-bond acceptors (Lipinski definition) is 5. The molecule has 3 aromatic carbocycles. The number of carbonyl (C=O) groups excluding carboxylic acids is 1. The van der Waals surface area contributed by atoms with E-state index in [9.17, 15) is 23.3 Å². The van der Waals surface area contributed by atoms with Gasteiger partial charge < -0.3 is 5.32 Å². The molecule has 0 atom stereocenters. The van der Waals surface area contributed by atoms with Crippen LogP contribution in [0.1, 0.15) is 0 Å². The summed E-state index contributed by atoms with van der Waals surface area (Å²) < 4.78 is 26.1. The summed E-state index contributed by atoms with van der Waals surface area (Å²) in [6, 6.07) is 21.6. The van der Waals surface area contributed by atoms with Crippen molar-refractivity contribution < 1.29 is 18.1 Å². The molecule has 0 heterocycles. The molecular weight excluding hydrogens is 406 g/mol. The number of anilines is 1. The zero-order valence-corrected chi connectivity index (χ0v) is 16.9. The first kappa shape index (κ1) is 21.2. The van der Waals surface area contributed by atoms with Crippen molar-refractivity contribution in [3.05, 3.63) is 89.0 Å². The molecule has 154 valence electrons. The van der Waals surface area contributed by atoms with Gasteiger partial charge in [0.15, 0.2) is 0 Å². The maximum Gasteiger partial charge on any atom is 0.270 e. The summed E-state index contributed by atoms with van der Waals surface area (Å²) >= 11 is 0. The summed E-state index contributed by atoms with van der Waals surface area (Å²) in [7, 11) is -2.81. The van der Waals surface area contributed by atoms with Crippen LogP contribution >= 0.6 is 0 Å². The lowest BCUT2D eigenvalue weighted by molar-refractivity contribution is -0.385. The first-order valence-corrected chi connectivity index (χ1v) is 10.4. The molecule has 30 heavy (non-hydrogen) atoms. The zero-order valence-electron chi connectivity index (χ0n) is 16.1. The number of nitrogens with one attached hydrogen (secondary N) is 1. The van der Waals surface area contributed by atoms with Crippen LogP contribution in [0.5, 0.6) is 0 Å². The van der Waals surface area contributed by atoms with Crippen molar-refractivity contribution in [2.75, 3.05) is 18.9 Å². The van der Waals surface area contributed by atoms with Gasteiger partial charge in [0.1, 0.15) is 0 Å². The minimum absolute atomic E-state index is 0.251. The fraction of sp³-hybridized carbons (Fsp3) is 0.0952. The first-order valence-electron chi connectivity index (χ1n) is 8.93. The smallest absolute Gasteiger partial charge is 0.270 e. The molecule has 0 bridgehead atoms. The van der Waals surface area contributed by atoms with Crippen LogP contribution < -0.4 is 5.32 Å². The Morgan fingerprint density at radius 1 is 0.967 bits per heavy atom. The summed E-state index contributed by atoms with van der Waals surface area (Å²) in [5.41, 5.74) is 2.21. The molecule has 3 aromatic rings. The number of rotatable bonds is 7. The fourth-order valence-electron chi connectivity index (χ4n) is 2.80. The largest absolute Gasteiger partial charge is 0.325 e. The lowest BCUT2D eigenvalue weighted by atomic mass is 10.1. The number of likely N-dealkylation sites (N-methyl/N-ethyl adjacent to an activating group) is 1. The van der Waals surface area contributed by atoms with Crippen LogP contribution in [0.2, 0.25) is 0 Å². The van der Waals surface area contributed by atoms with Gasteiger partial charge in [0.05, 0.1) is 16.4 Å². The van der Waals surface area contributed by atoms with Gasteiger partial charge in [-0.15, -0.1) is 0 Å². The molecule has 1 N–H and O–H groups in total. The van der Waals surface area contributed by atoms with Crippen LogP contribution in [0, 0.1) is 10.1 Å². The number of nitrogens with zero attached hydrogens (tertiary/aromatic N) is 2. The average molecular weight is 425 g/mol. The number of non-ortho nitro benzene ring substituents is 1. The Balaban J connectivity index is 1.67. The van der Waals surface area contributed by atoms with E-state index in [2.05, 4.69) is 5.32 Å². The van der Waals surface area contributed by atoms with Crippen molar-refractivity contribution in [1.29, 1.82) is 0 Å². The molecule has 0 aromatic heterocycles. The van der Waals surface area contributed by atoms with Crippen molar-refractivity contribution in [2.45, 2.75) is 4.90 Å². The van der Waals surface area contributed by atoms with E-state index in [0.717, 1.165) is 21.5 Å². The Morgan fingerprint density at radius 2 is 1.60 bits per heavy atom. The number of sulfonamides is 1. The second kappa shape index (κ2) is 8.85. The van der Waals surface area contributed by atoms with Crippen molar-refractivity contribution in [3.8, 4) is 11.1 Å². The third-order valence-electron chi connectivity index (χ3n) is 4.38. The highest BCUT2D eigenvalue weighted by Crippen LogP contribution is 2.22. The van der Waals surface area contributed by atoms with Gasteiger partial charge in [0, 0.05) is 24.9 Å². The van der Waals surface area contributed by atoms with E-state index in [-0.39, 0.29) is 10.6 Å². The molecule has 0 aliphatic rings. The van der Waals surface area contributed by atoms with Gasteiger partial charge in [0.25, 0.3) is 5.69 Å². The predicted octanol–water partition coefficient (Wildman–Crippen LogP) is 3.52. The highest BCUT2D eigenvalue weighted by Gasteiger charge is 2.24. The van der Waals surface area contributed by atoms with Gasteiger partial charge in [-0.05, 0) is 29.3 Å². The maximum atomic E-state index is 12.6. The first-order chi connectivity index (χ1) is 14.3. The van der Waals surface area contributed by atoms with Crippen LogP contribution in [0.3, 0.4) is 0 Å². The lowest BCUT2D eigenvalue weighted by Crippen LogP contribution is -2.35. The van der Waals surface area contributed by atoms with Crippen molar-refractivity contribution >= 4 is 27.3 Å². The molecule has 9 heteroatoms. The Hall–Kier alpha value is -3.56. The van der Waals surface area contributed by atoms with Gasteiger partial charge in [-0.25, -0.2) is 8.42 Å². The molecule has 0 saturated carbocycles. The van der Waals surface area contributed by atoms with E-state index < -0.39 is 27.4 Å². The topological polar surface area (TPSA) is 110 Å². The molecule has 3 rings (SSSR count). The highest BCUT2D eigenvalue weighted by atomic mass is 32.2. The fourth-order valence-corrected chi connectivity index (χ4v) is 3.97. The Bertz CT molecular complexity index is 1160. The Morgan fingerprint density at radius 3 is 2.23 bits per heavy atom. The molecule has 0 spiro atoms. The minimum Gasteiger partial charge on any atom is -0.325 e. The maximum absolute atomic E-state index is 12.6. The summed E-state index contributed by atoms with van der Waals surface area (Å²) in [5.74, 6) is -0.529. The second-order valence-corrected chi connectivity index (χ2v) is 8.55. The van der Waals surface area contributed by atoms with Crippen molar-refractivity contribution in [1.82, 2.24) is 4.31 Å². The average Bonchev–Trinajstić information content (AvgIpc) is 2.75. The van der Waals surface area contributed by atoms with Gasteiger partial charge in [0.2, 0.25) is 15.9 Å². The number of nitro groups is 1. The van der Waals surface area contributed by atoms with E-state index >= 15 is 0 Å². The Kier molecular flexibility index (Phi) is 6.24. The van der Waals surface area contributed by atoms with E-state index in [1.54, 1.807) is 12.1 Å². The monoisotopic (exact) mass is 425 g/mol. The normalized spacial score (nSPS) is 11.3. The molecular formula is C21H19N3O5S. The number of carbonyl (C=O) groups is 1. The summed E-state index contributed by atoms with van der Waals surface area (Å²) in [6.07, 6.45) is 0. The molecule has 0 aliphatic heterocycles. The second-order valence-electron chi connectivity index (χ2n) is 6.51. The number of hydrogen-bond donors (Lipinski definition) is 1. The number of benzene rings is 3. The standard InChI is InChI=1S/C21H19N3O5S/c1-23(30(28,29)20-9-5-8-19(14-20)24(26)27)15-21(25)22-18-12-10-17(11-13-18)16-6-3-2-4-7-16/h2-14H,15H2,1H3,(H,22,25). The quantitative estimate of drug-likeness (QED) is 0.460. The summed E-state index contributed by atoms with van der Waals surface area (Å²) in [5, 5.41) is 13.5. The van der Waals surface area contributed by atoms with Crippen LogP contribution in [-0.4, -0.2) is 37.1 Å². The van der Waals surface area contributed by atoms with Gasteiger partial charge >= 0.3 is 0 Å². The van der Waals surface area contributed by atoms with Crippen molar-refractivity contribution in [3.63, 3.8) is 0 Å². The van der Waals surface area contributed by atoms with E-state index in [1.807, 2.05) is 42.5 Å². The SMILES string of the molecule is CN(CC(=O)Nc1ccc(-c2ccccc2)cc1)S(=O)(=O)c1cccc([N+](=O)[O-])c1. The van der Waals surface area contributed by atoms with E-state index in [4.69, 9.17) is 0 Å². The van der Waals surface area contributed by atoms with E-state index in [0.29, 0.717) is 5.69 Å². The predicted molar refractivity (Wildman–Crippen MR) is 113 cm³/mol. The summed E-state index contributed by atoms with van der Waals surface area (Å²) in [6.45, 7) is -0.439. The lowest BCUT2D eigenvalue weighted by Gasteiger charge is -2.17. The summed E-state index contributed by atoms with van der Waals surface area (Å²) in [4.78, 5) is 22.3. The molecule has 0 fully saturated rings. The third kappa shape index (κ3) is 4.88. The minimum atomic E-state index is -4.06. The van der Waals surface area contributed by atoms with E-state index in [1.165, 1.54) is 25.2 Å². The Labute approximate surface area is 174 Å². The van der Waals surface area contributed by atoms with Crippen LogP contribution in [0.25, 0.3) is 11.1 Å². The van der Waals surface area contributed by atoms with Gasteiger partial charge in [-0.1, -0.05) is 48.5 Å². The van der Waals surface area contributed by atoms with Crippen LogP contribution in [-0.2, 0) is 14.8 Å². The number of amides is 1.